The van der Waals surface area contributed by atoms with Crippen LogP contribution in [0.5, 0.6) is 0 Å². The first-order valence-corrected chi connectivity index (χ1v) is 9.43. The zero-order valence-corrected chi connectivity index (χ0v) is 15.4. The van der Waals surface area contributed by atoms with Crippen molar-refractivity contribution in [1.29, 1.82) is 0 Å². The van der Waals surface area contributed by atoms with E-state index in [4.69, 9.17) is 5.73 Å². The van der Waals surface area contributed by atoms with Crippen molar-refractivity contribution in [3.8, 4) is 0 Å². The monoisotopic (exact) mass is 361 g/mol. The molecule has 4 N–H and O–H groups in total. The predicted molar refractivity (Wildman–Crippen MR) is 99.1 cm³/mol. The second kappa shape index (κ2) is 7.67. The minimum atomic E-state index is -3.81. The third-order valence-electron chi connectivity index (χ3n) is 3.78. The number of nitrogens with two attached hydrogens (primary N) is 1. The molecule has 0 aliphatic rings. The molecule has 0 heterocycles. The van der Waals surface area contributed by atoms with Gasteiger partial charge in [-0.2, -0.15) is 0 Å². The summed E-state index contributed by atoms with van der Waals surface area (Å²) in [5.74, 6) is -0.378. The van der Waals surface area contributed by atoms with Gasteiger partial charge in [0.1, 0.15) is 0 Å². The van der Waals surface area contributed by atoms with Crippen molar-refractivity contribution in [3.63, 3.8) is 0 Å². The Morgan fingerprint density at radius 3 is 2.52 bits per heavy atom. The maximum Gasteiger partial charge on any atom is 0.262 e. The third kappa shape index (κ3) is 4.58. The van der Waals surface area contributed by atoms with Crippen LogP contribution in [-0.2, 0) is 10.0 Å². The Kier molecular flexibility index (Phi) is 5.81. The highest BCUT2D eigenvalue weighted by Gasteiger charge is 2.21. The van der Waals surface area contributed by atoms with Gasteiger partial charge in [0.05, 0.1) is 16.1 Å². The predicted octanol–water partition coefficient (Wildman–Crippen LogP) is 2.18. The molecule has 25 heavy (non-hydrogen) atoms. The molecular formula is C18H23N3O3S. The minimum Gasteiger partial charge on any atom is -0.348 e. The highest BCUT2D eigenvalue weighted by atomic mass is 32.2. The van der Waals surface area contributed by atoms with Gasteiger partial charge in [0.15, 0.2) is 0 Å². The summed E-state index contributed by atoms with van der Waals surface area (Å²) in [7, 11) is -3.81. The van der Waals surface area contributed by atoms with Crippen LogP contribution in [0.4, 0.5) is 5.69 Å². The van der Waals surface area contributed by atoms with E-state index < -0.39 is 10.0 Å². The molecule has 0 unspecified atom stereocenters. The Labute approximate surface area is 148 Å². The summed E-state index contributed by atoms with van der Waals surface area (Å²) < 4.78 is 28.1. The topological polar surface area (TPSA) is 101 Å². The molecule has 0 spiro atoms. The lowest BCUT2D eigenvalue weighted by Gasteiger charge is -2.16. The van der Waals surface area contributed by atoms with Crippen molar-refractivity contribution in [2.24, 2.45) is 5.73 Å². The van der Waals surface area contributed by atoms with Crippen LogP contribution in [0, 0.1) is 13.8 Å². The lowest BCUT2D eigenvalue weighted by Crippen LogP contribution is -2.38. The molecule has 134 valence electrons. The maximum atomic E-state index is 12.8. The van der Waals surface area contributed by atoms with E-state index in [0.717, 1.165) is 5.56 Å². The molecule has 6 nitrogen and oxygen atoms in total. The number of hydrogen-bond acceptors (Lipinski definition) is 4. The molecule has 0 fully saturated rings. The van der Waals surface area contributed by atoms with Crippen LogP contribution in [-0.4, -0.2) is 26.9 Å². The Morgan fingerprint density at radius 2 is 1.84 bits per heavy atom. The van der Waals surface area contributed by atoms with Crippen molar-refractivity contribution in [3.05, 3.63) is 59.2 Å². The van der Waals surface area contributed by atoms with Crippen molar-refractivity contribution in [2.45, 2.75) is 31.7 Å². The SMILES string of the molecule is Cc1ccc(C)c(S(=O)(=O)Nc2ccccc2C(=O)N[C@@H](C)CN)c1. The quantitative estimate of drug-likeness (QED) is 0.734. The van der Waals surface area contributed by atoms with E-state index in [1.54, 1.807) is 50.2 Å². The van der Waals surface area contributed by atoms with Gasteiger partial charge in [-0.3, -0.25) is 9.52 Å². The molecule has 1 atom stereocenters. The fourth-order valence-corrected chi connectivity index (χ4v) is 3.74. The van der Waals surface area contributed by atoms with E-state index in [-0.39, 0.29) is 28.1 Å². The number of para-hydroxylation sites is 1. The Morgan fingerprint density at radius 1 is 1.16 bits per heavy atom. The zero-order chi connectivity index (χ0) is 18.6. The van der Waals surface area contributed by atoms with Gasteiger partial charge in [-0.25, -0.2) is 8.42 Å². The molecule has 0 bridgehead atoms. The molecule has 2 aromatic rings. The lowest BCUT2D eigenvalue weighted by atomic mass is 10.1. The fraction of sp³-hybridized carbons (Fsp3) is 0.278. The highest BCUT2D eigenvalue weighted by molar-refractivity contribution is 7.92. The number of carbonyl (C=O) groups excluding carboxylic acids is 1. The van der Waals surface area contributed by atoms with E-state index in [0.29, 0.717) is 12.1 Å². The number of nitrogens with one attached hydrogen (secondary N) is 2. The normalized spacial score (nSPS) is 12.5. The zero-order valence-electron chi connectivity index (χ0n) is 14.5. The number of carbonyl (C=O) groups is 1. The molecule has 0 radical (unpaired) electrons. The smallest absolute Gasteiger partial charge is 0.262 e. The molecule has 0 saturated heterocycles. The average Bonchev–Trinajstić information content (AvgIpc) is 2.56. The maximum absolute atomic E-state index is 12.8. The van der Waals surface area contributed by atoms with Crippen LogP contribution in [0.25, 0.3) is 0 Å². The van der Waals surface area contributed by atoms with Crippen LogP contribution in [0.3, 0.4) is 0 Å². The summed E-state index contributed by atoms with van der Waals surface area (Å²) in [4.78, 5) is 12.6. The van der Waals surface area contributed by atoms with Crippen LogP contribution in [0.1, 0.15) is 28.4 Å². The summed E-state index contributed by atoms with van der Waals surface area (Å²) in [5.41, 5.74) is 7.47. The van der Waals surface area contributed by atoms with Gasteiger partial charge in [-0.15, -0.1) is 0 Å². The fourth-order valence-electron chi connectivity index (χ4n) is 2.33. The molecule has 7 heteroatoms. The molecule has 0 aliphatic heterocycles. The van der Waals surface area contributed by atoms with Crippen molar-refractivity contribution >= 4 is 21.6 Å². The average molecular weight is 361 g/mol. The number of aryl methyl sites for hydroxylation is 2. The molecule has 0 saturated carbocycles. The number of amides is 1. The summed E-state index contributed by atoms with van der Waals surface area (Å²) in [6.07, 6.45) is 0. The van der Waals surface area contributed by atoms with Crippen LogP contribution < -0.4 is 15.8 Å². The molecule has 0 aromatic heterocycles. The first-order valence-electron chi connectivity index (χ1n) is 7.94. The van der Waals surface area contributed by atoms with E-state index in [1.807, 2.05) is 13.0 Å². The second-order valence-electron chi connectivity index (χ2n) is 6.03. The van der Waals surface area contributed by atoms with E-state index >= 15 is 0 Å². The van der Waals surface area contributed by atoms with Crippen molar-refractivity contribution in [1.82, 2.24) is 5.32 Å². The number of hydrogen-bond donors (Lipinski definition) is 3. The van der Waals surface area contributed by atoms with Gasteiger partial charge in [-0.1, -0.05) is 24.3 Å². The highest BCUT2D eigenvalue weighted by Crippen LogP contribution is 2.23. The number of anilines is 1. The molecule has 1 amide bonds. The largest absolute Gasteiger partial charge is 0.348 e. The summed E-state index contributed by atoms with van der Waals surface area (Å²) >= 11 is 0. The lowest BCUT2D eigenvalue weighted by molar-refractivity contribution is 0.0942. The summed E-state index contributed by atoms with van der Waals surface area (Å²) in [6.45, 7) is 5.63. The third-order valence-corrected chi connectivity index (χ3v) is 5.29. The van der Waals surface area contributed by atoms with Crippen LogP contribution in [0.2, 0.25) is 0 Å². The minimum absolute atomic E-state index is 0.193. The van der Waals surface area contributed by atoms with Gasteiger partial charge < -0.3 is 11.1 Å². The molecule has 2 rings (SSSR count). The Balaban J connectivity index is 2.37. The van der Waals surface area contributed by atoms with Gasteiger partial charge in [0.2, 0.25) is 0 Å². The Bertz CT molecular complexity index is 879. The Hall–Kier alpha value is -2.38. The standard InChI is InChI=1S/C18H23N3O3S/c1-12-8-9-13(2)17(10-12)25(23,24)21-16-7-5-4-6-15(16)18(22)20-14(3)11-19/h4-10,14,21H,11,19H2,1-3H3,(H,20,22)/t14-/m0/s1. The summed E-state index contributed by atoms with van der Waals surface area (Å²) in [6, 6.07) is 11.5. The second-order valence-corrected chi connectivity index (χ2v) is 7.68. The molecular weight excluding hydrogens is 338 g/mol. The van der Waals surface area contributed by atoms with E-state index in [2.05, 4.69) is 10.0 Å². The van der Waals surface area contributed by atoms with Gasteiger partial charge in [0, 0.05) is 12.6 Å². The van der Waals surface area contributed by atoms with Gasteiger partial charge in [-0.05, 0) is 50.1 Å². The van der Waals surface area contributed by atoms with E-state index in [9.17, 15) is 13.2 Å². The van der Waals surface area contributed by atoms with Crippen LogP contribution >= 0.6 is 0 Å². The first-order chi connectivity index (χ1) is 11.7. The van der Waals surface area contributed by atoms with Crippen molar-refractivity contribution in [2.75, 3.05) is 11.3 Å². The summed E-state index contributed by atoms with van der Waals surface area (Å²) in [5, 5.41) is 2.73. The molecule has 0 aliphatic carbocycles. The van der Waals surface area contributed by atoms with Gasteiger partial charge >= 0.3 is 0 Å². The number of rotatable bonds is 6. The van der Waals surface area contributed by atoms with Gasteiger partial charge in [0.25, 0.3) is 15.9 Å². The molecule has 2 aromatic carbocycles. The van der Waals surface area contributed by atoms with Crippen molar-refractivity contribution < 1.29 is 13.2 Å². The number of benzene rings is 2. The number of sulfonamides is 1. The first kappa shape index (κ1) is 19.0. The van der Waals surface area contributed by atoms with E-state index in [1.165, 1.54) is 0 Å². The van der Waals surface area contributed by atoms with Crippen LogP contribution in [0.15, 0.2) is 47.4 Å².